The summed E-state index contributed by atoms with van der Waals surface area (Å²) in [5.41, 5.74) is 1.33. The average molecular weight is 400 g/mol. The molecule has 0 saturated carbocycles. The number of phenols is 1. The van der Waals surface area contributed by atoms with Crippen LogP contribution in [0.25, 0.3) is 0 Å². The van der Waals surface area contributed by atoms with Crippen LogP contribution in [0.1, 0.15) is 42.2 Å². The van der Waals surface area contributed by atoms with E-state index in [1.54, 1.807) is 22.4 Å². The summed E-state index contributed by atoms with van der Waals surface area (Å²) in [5, 5.41) is 18.8. The number of piperidine rings is 1. The molecule has 1 saturated heterocycles. The zero-order valence-corrected chi connectivity index (χ0v) is 16.8. The second-order valence-electron chi connectivity index (χ2n) is 7.21. The zero-order chi connectivity index (χ0) is 19.5. The van der Waals surface area contributed by atoms with Crippen molar-refractivity contribution in [3.63, 3.8) is 0 Å². The number of hydrogen-bond donors (Lipinski definition) is 1. The average Bonchev–Trinajstić information content (AvgIpc) is 3.39. The quantitative estimate of drug-likeness (QED) is 0.834. The molecule has 0 radical (unpaired) electrons. The van der Waals surface area contributed by atoms with Crippen LogP contribution in [0.2, 0.25) is 0 Å². The first-order valence-electron chi connectivity index (χ1n) is 9.69. The number of benzene rings is 1. The lowest BCUT2D eigenvalue weighted by Gasteiger charge is -2.28. The smallest absolute Gasteiger partial charge is 0.257 e. The van der Waals surface area contributed by atoms with Gasteiger partial charge in [0.1, 0.15) is 0 Å². The predicted molar refractivity (Wildman–Crippen MR) is 110 cm³/mol. The maximum atomic E-state index is 13.1. The van der Waals surface area contributed by atoms with Crippen molar-refractivity contribution in [2.45, 2.75) is 31.7 Å². The van der Waals surface area contributed by atoms with E-state index in [4.69, 9.17) is 4.74 Å². The van der Waals surface area contributed by atoms with Gasteiger partial charge in [-0.15, -0.1) is 11.3 Å². The largest absolute Gasteiger partial charge is 0.504 e. The Morgan fingerprint density at radius 2 is 2.07 bits per heavy atom. The topological polar surface area (TPSA) is 65.4 Å². The van der Waals surface area contributed by atoms with E-state index in [2.05, 4.69) is 10.0 Å². The first-order valence-corrected chi connectivity index (χ1v) is 10.6. The normalized spacial score (nSPS) is 20.2. The second kappa shape index (κ2) is 8.32. The van der Waals surface area contributed by atoms with Gasteiger partial charge in [-0.05, 0) is 49.5 Å². The molecule has 7 heteroatoms. The number of carbonyl (C=O) groups is 1. The third-order valence-electron chi connectivity index (χ3n) is 5.37. The van der Waals surface area contributed by atoms with Crippen LogP contribution < -0.4 is 4.74 Å². The minimum absolute atomic E-state index is 0.0117. The van der Waals surface area contributed by atoms with Crippen molar-refractivity contribution in [2.24, 2.45) is 5.10 Å². The summed E-state index contributed by atoms with van der Waals surface area (Å²) in [4.78, 5) is 16.4. The minimum atomic E-state index is -0.127. The number of carbonyl (C=O) groups excluding carboxylic acids is 1. The molecule has 0 unspecified atom stereocenters. The van der Waals surface area contributed by atoms with E-state index in [1.807, 2.05) is 29.6 Å². The number of methoxy groups -OCH3 is 1. The molecule has 2 aromatic rings. The first kappa shape index (κ1) is 19.0. The number of hydrogen-bond acceptors (Lipinski definition) is 6. The number of phenolic OH excluding ortho intramolecular Hbond substituents is 1. The molecule has 2 aliphatic rings. The summed E-state index contributed by atoms with van der Waals surface area (Å²) in [5.74, 6) is 0.489. The lowest BCUT2D eigenvalue weighted by atomic mass is 10.0. The fourth-order valence-corrected chi connectivity index (χ4v) is 4.72. The standard InChI is InChI=1S/C21H25N3O3S/c1-27-18-8-5-7-15(21(18)26)16-13-17(19-9-6-12-28-19)24(22-16)20(25)14-23-10-3-2-4-11-23/h5-9,12,17,26H,2-4,10-11,13-14H2,1H3/t17-/m1/s1. The van der Waals surface area contributed by atoms with Crippen LogP contribution in [-0.2, 0) is 4.79 Å². The Hall–Kier alpha value is -2.38. The predicted octanol–water partition coefficient (Wildman–Crippen LogP) is 3.63. The number of aromatic hydroxyl groups is 1. The number of amides is 1. The molecular formula is C21H25N3O3S. The molecule has 4 rings (SSSR count). The van der Waals surface area contributed by atoms with Crippen LogP contribution in [-0.4, -0.2) is 53.4 Å². The highest BCUT2D eigenvalue weighted by Gasteiger charge is 2.35. The summed E-state index contributed by atoms with van der Waals surface area (Å²) in [6.07, 6.45) is 4.11. The lowest BCUT2D eigenvalue weighted by molar-refractivity contribution is -0.134. The van der Waals surface area contributed by atoms with Gasteiger partial charge in [-0.1, -0.05) is 18.6 Å². The van der Waals surface area contributed by atoms with E-state index in [1.165, 1.54) is 13.5 Å². The number of hydrazone groups is 1. The van der Waals surface area contributed by atoms with Gasteiger partial charge in [0, 0.05) is 16.9 Å². The van der Waals surface area contributed by atoms with E-state index in [-0.39, 0.29) is 17.7 Å². The summed E-state index contributed by atoms with van der Waals surface area (Å²) in [6, 6.07) is 9.27. The van der Waals surface area contributed by atoms with Gasteiger partial charge in [-0.3, -0.25) is 9.69 Å². The summed E-state index contributed by atoms with van der Waals surface area (Å²) < 4.78 is 5.23. The maximum Gasteiger partial charge on any atom is 0.257 e. The van der Waals surface area contributed by atoms with Gasteiger partial charge >= 0.3 is 0 Å². The molecular weight excluding hydrogens is 374 g/mol. The minimum Gasteiger partial charge on any atom is -0.504 e. The summed E-state index contributed by atoms with van der Waals surface area (Å²) >= 11 is 1.63. The number of nitrogens with zero attached hydrogens (tertiary/aromatic N) is 3. The Morgan fingerprint density at radius 1 is 1.25 bits per heavy atom. The third kappa shape index (κ3) is 3.77. The Balaban J connectivity index is 1.62. The molecule has 148 valence electrons. The molecule has 1 amide bonds. The third-order valence-corrected chi connectivity index (χ3v) is 6.35. The molecule has 0 bridgehead atoms. The van der Waals surface area contributed by atoms with Crippen LogP contribution in [0, 0.1) is 0 Å². The SMILES string of the molecule is COc1cccc(C2=NN(C(=O)CN3CCCCC3)[C@@H](c3cccs3)C2)c1O. The Labute approximate surface area is 169 Å². The van der Waals surface area contributed by atoms with Crippen molar-refractivity contribution in [3.05, 3.63) is 46.2 Å². The Bertz CT molecular complexity index is 860. The number of para-hydroxylation sites is 1. The van der Waals surface area contributed by atoms with E-state index in [0.29, 0.717) is 30.0 Å². The van der Waals surface area contributed by atoms with Gasteiger partial charge < -0.3 is 9.84 Å². The summed E-state index contributed by atoms with van der Waals surface area (Å²) in [6.45, 7) is 2.33. The highest BCUT2D eigenvalue weighted by molar-refractivity contribution is 7.10. The van der Waals surface area contributed by atoms with Crippen molar-refractivity contribution in [1.82, 2.24) is 9.91 Å². The summed E-state index contributed by atoms with van der Waals surface area (Å²) in [7, 11) is 1.53. The molecule has 1 atom stereocenters. The van der Waals surface area contributed by atoms with E-state index < -0.39 is 0 Å². The molecule has 3 heterocycles. The molecule has 1 aromatic carbocycles. The van der Waals surface area contributed by atoms with Crippen molar-refractivity contribution >= 4 is 23.0 Å². The molecule has 1 aromatic heterocycles. The fraction of sp³-hybridized carbons (Fsp3) is 0.429. The van der Waals surface area contributed by atoms with E-state index in [0.717, 1.165) is 30.8 Å². The van der Waals surface area contributed by atoms with E-state index in [9.17, 15) is 9.90 Å². The number of likely N-dealkylation sites (tertiary alicyclic amines) is 1. The number of thiophene rings is 1. The molecule has 2 aliphatic heterocycles. The first-order chi connectivity index (χ1) is 13.7. The molecule has 1 N–H and O–H groups in total. The van der Waals surface area contributed by atoms with Crippen LogP contribution in [0.4, 0.5) is 0 Å². The monoisotopic (exact) mass is 399 g/mol. The molecule has 0 spiro atoms. The fourth-order valence-electron chi connectivity index (χ4n) is 3.91. The van der Waals surface area contributed by atoms with Crippen LogP contribution >= 0.6 is 11.3 Å². The van der Waals surface area contributed by atoms with Crippen molar-refractivity contribution in [3.8, 4) is 11.5 Å². The van der Waals surface area contributed by atoms with Gasteiger partial charge in [-0.2, -0.15) is 5.10 Å². The number of ether oxygens (including phenoxy) is 1. The lowest BCUT2D eigenvalue weighted by Crippen LogP contribution is -2.40. The van der Waals surface area contributed by atoms with Gasteiger partial charge in [0.15, 0.2) is 11.5 Å². The zero-order valence-electron chi connectivity index (χ0n) is 16.0. The highest BCUT2D eigenvalue weighted by Crippen LogP contribution is 2.39. The highest BCUT2D eigenvalue weighted by atomic mass is 32.1. The molecule has 0 aliphatic carbocycles. The second-order valence-corrected chi connectivity index (χ2v) is 8.19. The number of rotatable bonds is 5. The van der Waals surface area contributed by atoms with Crippen molar-refractivity contribution < 1.29 is 14.6 Å². The maximum absolute atomic E-state index is 13.1. The molecule has 28 heavy (non-hydrogen) atoms. The van der Waals surface area contributed by atoms with Gasteiger partial charge in [0.2, 0.25) is 0 Å². The van der Waals surface area contributed by atoms with Gasteiger partial charge in [-0.25, -0.2) is 5.01 Å². The van der Waals surface area contributed by atoms with E-state index >= 15 is 0 Å². The van der Waals surface area contributed by atoms with Crippen LogP contribution in [0.3, 0.4) is 0 Å². The van der Waals surface area contributed by atoms with Gasteiger partial charge in [0.25, 0.3) is 5.91 Å². The van der Waals surface area contributed by atoms with Crippen molar-refractivity contribution in [2.75, 3.05) is 26.7 Å². The molecule has 1 fully saturated rings. The van der Waals surface area contributed by atoms with Crippen molar-refractivity contribution in [1.29, 1.82) is 0 Å². The Morgan fingerprint density at radius 3 is 2.79 bits per heavy atom. The van der Waals surface area contributed by atoms with Crippen LogP contribution in [0.15, 0.2) is 40.8 Å². The molecule has 6 nitrogen and oxygen atoms in total. The van der Waals surface area contributed by atoms with Crippen LogP contribution in [0.5, 0.6) is 11.5 Å². The Kier molecular flexibility index (Phi) is 5.64. The van der Waals surface area contributed by atoms with Gasteiger partial charge in [0.05, 0.1) is 25.4 Å².